The van der Waals surface area contributed by atoms with Crippen LogP contribution in [0.5, 0.6) is 11.5 Å². The molecule has 0 aliphatic heterocycles. The van der Waals surface area contributed by atoms with E-state index in [2.05, 4.69) is 5.32 Å². The number of ether oxygens (including phenoxy) is 2. The van der Waals surface area contributed by atoms with Crippen molar-refractivity contribution in [3.05, 3.63) is 23.8 Å². The average molecular weight is 389 g/mol. The maximum absolute atomic E-state index is 12.3. The van der Waals surface area contributed by atoms with Crippen LogP contribution in [0.2, 0.25) is 0 Å². The molecule has 1 aliphatic carbocycles. The van der Waals surface area contributed by atoms with Crippen molar-refractivity contribution in [2.45, 2.75) is 44.3 Å². The number of aliphatic carboxylic acids is 1. The quantitative estimate of drug-likeness (QED) is 0.714. The topological polar surface area (TPSA) is 84.9 Å². The van der Waals surface area contributed by atoms with Crippen LogP contribution < -0.4 is 14.8 Å². The van der Waals surface area contributed by atoms with Crippen LogP contribution in [0.15, 0.2) is 18.2 Å². The zero-order valence-electron chi connectivity index (χ0n) is 14.8. The van der Waals surface area contributed by atoms with E-state index in [0.717, 1.165) is 6.42 Å². The number of carbonyl (C=O) groups is 2. The van der Waals surface area contributed by atoms with Crippen LogP contribution in [-0.4, -0.2) is 42.9 Å². The minimum Gasteiger partial charge on any atom is -0.493 e. The number of aryl methyl sites for hydroxylation is 1. The van der Waals surface area contributed by atoms with Gasteiger partial charge in [0.15, 0.2) is 18.1 Å². The molecule has 1 amide bonds. The predicted molar refractivity (Wildman–Crippen MR) is 89.8 cm³/mol. The van der Waals surface area contributed by atoms with Gasteiger partial charge in [0.1, 0.15) is 0 Å². The first-order chi connectivity index (χ1) is 12.7. The summed E-state index contributed by atoms with van der Waals surface area (Å²) in [6.45, 7) is -1.42. The van der Waals surface area contributed by atoms with E-state index in [1.54, 1.807) is 6.07 Å². The van der Waals surface area contributed by atoms with Gasteiger partial charge in [0.25, 0.3) is 0 Å². The fraction of sp³-hybridized carbons (Fsp3) is 0.556. The standard InChI is InChI=1S/C18H22F3NO5/c1-26-15-9-11(5-7-14(15)27-10-18(19,20)21)6-8-16(23)22-13-4-2-3-12(13)17(24)25/h5,7,9,12-13H,2-4,6,8,10H2,1H3,(H,22,23)(H,24,25)/t12-,13+/m0/s1. The third-order valence-corrected chi connectivity index (χ3v) is 4.44. The van der Waals surface area contributed by atoms with Crippen LogP contribution in [0.3, 0.4) is 0 Å². The Hall–Kier alpha value is -2.45. The Bertz CT molecular complexity index is 677. The highest BCUT2D eigenvalue weighted by Gasteiger charge is 2.33. The second-order valence-corrected chi connectivity index (χ2v) is 6.44. The molecule has 1 aromatic carbocycles. The van der Waals surface area contributed by atoms with Gasteiger partial charge in [-0.1, -0.05) is 12.5 Å². The van der Waals surface area contributed by atoms with E-state index in [4.69, 9.17) is 14.6 Å². The lowest BCUT2D eigenvalue weighted by molar-refractivity contribution is -0.153. The molecule has 1 saturated carbocycles. The predicted octanol–water partition coefficient (Wildman–Crippen LogP) is 2.94. The fourth-order valence-electron chi connectivity index (χ4n) is 3.11. The minimum atomic E-state index is -4.45. The first-order valence-corrected chi connectivity index (χ1v) is 8.58. The zero-order chi connectivity index (χ0) is 20.0. The molecule has 2 atom stereocenters. The molecule has 27 heavy (non-hydrogen) atoms. The number of benzene rings is 1. The molecule has 0 spiro atoms. The number of rotatable bonds is 8. The second kappa shape index (κ2) is 8.96. The van der Waals surface area contributed by atoms with Crippen LogP contribution in [-0.2, 0) is 16.0 Å². The van der Waals surface area contributed by atoms with Crippen molar-refractivity contribution >= 4 is 11.9 Å². The molecular weight excluding hydrogens is 367 g/mol. The Kier molecular flexibility index (Phi) is 6.92. The normalized spacial score (nSPS) is 19.6. The van der Waals surface area contributed by atoms with Gasteiger partial charge in [-0.15, -0.1) is 0 Å². The van der Waals surface area contributed by atoms with Crippen LogP contribution in [0.1, 0.15) is 31.2 Å². The van der Waals surface area contributed by atoms with Crippen molar-refractivity contribution in [1.82, 2.24) is 5.32 Å². The lowest BCUT2D eigenvalue weighted by Crippen LogP contribution is -2.40. The summed E-state index contributed by atoms with van der Waals surface area (Å²) in [5.74, 6) is -1.60. The van der Waals surface area contributed by atoms with Gasteiger partial charge in [-0.3, -0.25) is 9.59 Å². The van der Waals surface area contributed by atoms with Gasteiger partial charge in [-0.25, -0.2) is 0 Å². The van der Waals surface area contributed by atoms with Gasteiger partial charge < -0.3 is 19.9 Å². The van der Waals surface area contributed by atoms with Gasteiger partial charge in [-0.2, -0.15) is 13.2 Å². The van der Waals surface area contributed by atoms with Crippen molar-refractivity contribution in [2.75, 3.05) is 13.7 Å². The lowest BCUT2D eigenvalue weighted by Gasteiger charge is -2.17. The number of alkyl halides is 3. The van der Waals surface area contributed by atoms with Crippen molar-refractivity contribution in [3.63, 3.8) is 0 Å². The van der Waals surface area contributed by atoms with Gasteiger partial charge in [0, 0.05) is 12.5 Å². The van der Waals surface area contributed by atoms with E-state index in [0.29, 0.717) is 24.8 Å². The monoisotopic (exact) mass is 389 g/mol. The number of hydrogen-bond donors (Lipinski definition) is 2. The molecule has 1 fully saturated rings. The Labute approximate surface area is 154 Å². The third kappa shape index (κ3) is 6.33. The molecule has 0 unspecified atom stereocenters. The lowest BCUT2D eigenvalue weighted by atomic mass is 10.0. The molecule has 2 rings (SSSR count). The van der Waals surface area contributed by atoms with Crippen LogP contribution in [0, 0.1) is 5.92 Å². The number of carbonyl (C=O) groups excluding carboxylic acids is 1. The summed E-state index contributed by atoms with van der Waals surface area (Å²) in [7, 11) is 1.32. The number of amides is 1. The fourth-order valence-corrected chi connectivity index (χ4v) is 3.11. The molecular formula is C18H22F3NO5. The van der Waals surface area contributed by atoms with Crippen LogP contribution >= 0.6 is 0 Å². The van der Waals surface area contributed by atoms with E-state index in [-0.39, 0.29) is 29.9 Å². The molecule has 0 heterocycles. The van der Waals surface area contributed by atoms with Gasteiger partial charge in [0.05, 0.1) is 13.0 Å². The SMILES string of the molecule is COc1cc(CCC(=O)N[C@@H]2CCC[C@@H]2C(=O)O)ccc1OCC(F)(F)F. The summed E-state index contributed by atoms with van der Waals surface area (Å²) in [6, 6.07) is 4.10. The van der Waals surface area contributed by atoms with Crippen LogP contribution in [0.25, 0.3) is 0 Å². The molecule has 2 N–H and O–H groups in total. The number of nitrogens with one attached hydrogen (secondary N) is 1. The molecule has 1 aliphatic rings. The highest BCUT2D eigenvalue weighted by atomic mass is 19.4. The number of methoxy groups -OCH3 is 1. The molecule has 6 nitrogen and oxygen atoms in total. The first kappa shape index (κ1) is 20.9. The third-order valence-electron chi connectivity index (χ3n) is 4.44. The maximum Gasteiger partial charge on any atom is 0.422 e. The zero-order valence-corrected chi connectivity index (χ0v) is 14.8. The summed E-state index contributed by atoms with van der Waals surface area (Å²) in [6.07, 6.45) is -2.02. The summed E-state index contributed by atoms with van der Waals surface area (Å²) in [5.41, 5.74) is 0.697. The highest BCUT2D eigenvalue weighted by molar-refractivity contribution is 5.78. The number of carboxylic acids is 1. The summed E-state index contributed by atoms with van der Waals surface area (Å²) < 4.78 is 46.5. The Morgan fingerprint density at radius 1 is 1.26 bits per heavy atom. The average Bonchev–Trinajstić information content (AvgIpc) is 3.06. The van der Waals surface area contributed by atoms with Gasteiger partial charge in [-0.05, 0) is 37.0 Å². The molecule has 9 heteroatoms. The number of hydrogen-bond acceptors (Lipinski definition) is 4. The molecule has 0 aromatic heterocycles. The van der Waals surface area contributed by atoms with Gasteiger partial charge >= 0.3 is 12.1 Å². The second-order valence-electron chi connectivity index (χ2n) is 6.44. The van der Waals surface area contributed by atoms with Crippen LogP contribution in [0.4, 0.5) is 13.2 Å². The Morgan fingerprint density at radius 3 is 2.63 bits per heavy atom. The number of halogens is 3. The molecule has 1 aromatic rings. The van der Waals surface area contributed by atoms with Crippen molar-refractivity contribution in [1.29, 1.82) is 0 Å². The first-order valence-electron chi connectivity index (χ1n) is 8.58. The molecule has 0 saturated heterocycles. The minimum absolute atomic E-state index is 0.0294. The van der Waals surface area contributed by atoms with E-state index < -0.39 is 24.7 Å². The Morgan fingerprint density at radius 2 is 2.00 bits per heavy atom. The van der Waals surface area contributed by atoms with Crippen molar-refractivity contribution in [3.8, 4) is 11.5 Å². The molecule has 150 valence electrons. The number of carboxylic acid groups (broad SMARTS) is 1. The highest BCUT2D eigenvalue weighted by Crippen LogP contribution is 2.30. The van der Waals surface area contributed by atoms with E-state index >= 15 is 0 Å². The van der Waals surface area contributed by atoms with E-state index in [1.807, 2.05) is 0 Å². The summed E-state index contributed by atoms with van der Waals surface area (Å²) in [5, 5.41) is 11.9. The van der Waals surface area contributed by atoms with Crippen molar-refractivity contribution < 1.29 is 37.3 Å². The largest absolute Gasteiger partial charge is 0.493 e. The van der Waals surface area contributed by atoms with E-state index in [1.165, 1.54) is 19.2 Å². The Balaban J connectivity index is 1.89. The summed E-state index contributed by atoms with van der Waals surface area (Å²) in [4.78, 5) is 23.2. The molecule has 0 radical (unpaired) electrons. The van der Waals surface area contributed by atoms with E-state index in [9.17, 15) is 22.8 Å². The van der Waals surface area contributed by atoms with Crippen molar-refractivity contribution in [2.24, 2.45) is 5.92 Å². The maximum atomic E-state index is 12.3. The summed E-state index contributed by atoms with van der Waals surface area (Å²) >= 11 is 0. The molecule has 0 bridgehead atoms. The smallest absolute Gasteiger partial charge is 0.422 e. The van der Waals surface area contributed by atoms with Gasteiger partial charge in [0.2, 0.25) is 5.91 Å².